The van der Waals surface area contributed by atoms with Crippen LogP contribution in [0.2, 0.25) is 0 Å². The van der Waals surface area contributed by atoms with Crippen LogP contribution in [0.25, 0.3) is 5.65 Å². The highest BCUT2D eigenvalue weighted by atomic mass is 32.2. The number of pyridine rings is 1. The quantitative estimate of drug-likeness (QED) is 0.539. The van der Waals surface area contributed by atoms with E-state index in [9.17, 15) is 13.6 Å². The Bertz CT molecular complexity index is 934. The van der Waals surface area contributed by atoms with E-state index < -0.39 is 6.61 Å². The Morgan fingerprint density at radius 2 is 2.00 bits per heavy atom. The number of rotatable bonds is 10. The molecular formula is C20H22F2N4O2S. The number of ether oxygens (including phenoxy) is 1. The first-order valence-electron chi connectivity index (χ1n) is 9.18. The number of carbonyl (C=O) groups is 1. The minimum absolute atomic E-state index is 0.100. The molecule has 1 aromatic carbocycles. The normalized spacial score (nSPS) is 12.3. The molecule has 29 heavy (non-hydrogen) atoms. The third-order valence-electron chi connectivity index (χ3n) is 4.39. The smallest absolute Gasteiger partial charge is 0.387 e. The van der Waals surface area contributed by atoms with Crippen molar-refractivity contribution in [1.29, 1.82) is 0 Å². The lowest BCUT2D eigenvalue weighted by Crippen LogP contribution is -2.30. The Hall–Kier alpha value is -2.68. The van der Waals surface area contributed by atoms with Crippen molar-refractivity contribution < 1.29 is 18.3 Å². The molecule has 154 valence electrons. The molecule has 0 saturated carbocycles. The van der Waals surface area contributed by atoms with Crippen LogP contribution in [0, 0.1) is 0 Å². The van der Waals surface area contributed by atoms with Gasteiger partial charge in [-0.1, -0.05) is 18.2 Å². The molecule has 1 N–H and O–H groups in total. The lowest BCUT2D eigenvalue weighted by Gasteiger charge is -2.17. The number of thioether (sulfide) groups is 1. The van der Waals surface area contributed by atoms with Gasteiger partial charge < -0.3 is 10.1 Å². The van der Waals surface area contributed by atoms with E-state index in [1.165, 1.54) is 12.1 Å². The van der Waals surface area contributed by atoms with Gasteiger partial charge in [0.1, 0.15) is 5.75 Å². The molecule has 1 atom stereocenters. The Labute approximate surface area is 171 Å². The maximum atomic E-state index is 12.5. The topological polar surface area (TPSA) is 68.5 Å². The van der Waals surface area contributed by atoms with E-state index in [2.05, 4.69) is 20.3 Å². The molecule has 3 rings (SSSR count). The summed E-state index contributed by atoms with van der Waals surface area (Å²) in [7, 11) is 0. The first-order valence-corrected chi connectivity index (χ1v) is 10.6. The van der Waals surface area contributed by atoms with E-state index >= 15 is 0 Å². The molecule has 2 heterocycles. The summed E-state index contributed by atoms with van der Waals surface area (Å²) in [5.74, 6) is 1.58. The third kappa shape index (κ3) is 5.90. The van der Waals surface area contributed by atoms with Crippen molar-refractivity contribution in [3.63, 3.8) is 0 Å². The van der Waals surface area contributed by atoms with Gasteiger partial charge in [-0.05, 0) is 54.7 Å². The summed E-state index contributed by atoms with van der Waals surface area (Å²) >= 11 is 1.70. The molecule has 0 bridgehead atoms. The second-order valence-corrected chi connectivity index (χ2v) is 7.40. The zero-order valence-electron chi connectivity index (χ0n) is 15.9. The fourth-order valence-corrected chi connectivity index (χ4v) is 3.43. The van der Waals surface area contributed by atoms with Gasteiger partial charge in [0, 0.05) is 12.6 Å². The maximum absolute atomic E-state index is 12.5. The largest absolute Gasteiger partial charge is 0.435 e. The zero-order valence-corrected chi connectivity index (χ0v) is 16.7. The minimum Gasteiger partial charge on any atom is -0.435 e. The third-order valence-corrected chi connectivity index (χ3v) is 5.03. The zero-order chi connectivity index (χ0) is 20.6. The summed E-state index contributed by atoms with van der Waals surface area (Å²) in [6.45, 7) is -2.85. The number of amides is 1. The summed E-state index contributed by atoms with van der Waals surface area (Å²) in [5, 5.41) is 11.5. The van der Waals surface area contributed by atoms with Crippen molar-refractivity contribution in [2.45, 2.75) is 31.9 Å². The number of fused-ring (bicyclic) bond motifs is 1. The van der Waals surface area contributed by atoms with E-state index in [-0.39, 0.29) is 24.1 Å². The van der Waals surface area contributed by atoms with Crippen LogP contribution in [0.1, 0.15) is 30.3 Å². The molecule has 1 amide bonds. The number of nitrogens with zero attached hydrogens (tertiary/aromatic N) is 3. The molecular weight excluding hydrogens is 398 g/mol. The number of nitrogens with one attached hydrogen (secondary N) is 1. The molecule has 9 heteroatoms. The first kappa shape index (κ1) is 21.0. The highest BCUT2D eigenvalue weighted by Crippen LogP contribution is 2.19. The van der Waals surface area contributed by atoms with Gasteiger partial charge in [0.25, 0.3) is 0 Å². The standard InChI is InChI=1S/C20H22F2N4O2S/c1-29-13-11-16(19-25-24-17-4-2-3-12-26(17)19)23-18(27)10-7-14-5-8-15(9-6-14)28-20(21)22/h2-6,8-9,12,16,20H,7,10-11,13H2,1H3,(H,23,27). The van der Waals surface area contributed by atoms with Crippen molar-refractivity contribution in [2.24, 2.45) is 0 Å². The van der Waals surface area contributed by atoms with E-state index in [1.54, 1.807) is 23.9 Å². The molecule has 2 aromatic heterocycles. The van der Waals surface area contributed by atoms with Crippen LogP contribution in [-0.2, 0) is 11.2 Å². The van der Waals surface area contributed by atoms with Gasteiger partial charge in [-0.25, -0.2) is 0 Å². The van der Waals surface area contributed by atoms with Crippen molar-refractivity contribution in [2.75, 3.05) is 12.0 Å². The van der Waals surface area contributed by atoms with Crippen LogP contribution in [0.4, 0.5) is 8.78 Å². The number of aryl methyl sites for hydroxylation is 1. The lowest BCUT2D eigenvalue weighted by atomic mass is 10.1. The summed E-state index contributed by atoms with van der Waals surface area (Å²) in [6.07, 6.45) is 5.41. The van der Waals surface area contributed by atoms with Crippen LogP contribution in [0.3, 0.4) is 0 Å². The predicted octanol–water partition coefficient (Wildman–Crippen LogP) is 3.87. The molecule has 0 spiro atoms. The van der Waals surface area contributed by atoms with Crippen LogP contribution in [-0.4, -0.2) is 39.1 Å². The molecule has 1 unspecified atom stereocenters. The predicted molar refractivity (Wildman–Crippen MR) is 108 cm³/mol. The van der Waals surface area contributed by atoms with Gasteiger partial charge in [-0.15, -0.1) is 10.2 Å². The highest BCUT2D eigenvalue weighted by Gasteiger charge is 2.20. The number of hydrogen-bond acceptors (Lipinski definition) is 5. The molecule has 3 aromatic rings. The van der Waals surface area contributed by atoms with Crippen LogP contribution >= 0.6 is 11.8 Å². The van der Waals surface area contributed by atoms with Crippen LogP contribution in [0.15, 0.2) is 48.7 Å². The van der Waals surface area contributed by atoms with Gasteiger partial charge in [0.2, 0.25) is 5.91 Å². The van der Waals surface area contributed by atoms with Crippen molar-refractivity contribution in [3.8, 4) is 5.75 Å². The summed E-state index contributed by atoms with van der Waals surface area (Å²) in [4.78, 5) is 12.5. The average molecular weight is 420 g/mol. The monoisotopic (exact) mass is 420 g/mol. The Balaban J connectivity index is 1.61. The van der Waals surface area contributed by atoms with Gasteiger partial charge in [0.05, 0.1) is 6.04 Å². The number of benzene rings is 1. The average Bonchev–Trinajstić information content (AvgIpc) is 3.14. The summed E-state index contributed by atoms with van der Waals surface area (Å²) in [6, 6.07) is 11.7. The fraction of sp³-hybridized carbons (Fsp3) is 0.350. The minimum atomic E-state index is -2.85. The molecule has 0 radical (unpaired) electrons. The molecule has 0 aliphatic heterocycles. The van der Waals surface area contributed by atoms with Crippen molar-refractivity contribution in [3.05, 3.63) is 60.0 Å². The van der Waals surface area contributed by atoms with Crippen LogP contribution < -0.4 is 10.1 Å². The maximum Gasteiger partial charge on any atom is 0.387 e. The fourth-order valence-electron chi connectivity index (χ4n) is 2.96. The van der Waals surface area contributed by atoms with Crippen LogP contribution in [0.5, 0.6) is 5.75 Å². The SMILES string of the molecule is CSCCC(NC(=O)CCc1ccc(OC(F)F)cc1)c1nnc2ccccn12. The van der Waals surface area contributed by atoms with Crippen molar-refractivity contribution in [1.82, 2.24) is 19.9 Å². The van der Waals surface area contributed by atoms with E-state index in [0.29, 0.717) is 12.2 Å². The number of alkyl halides is 2. The second-order valence-electron chi connectivity index (χ2n) is 6.41. The molecule has 0 fully saturated rings. The Kier molecular flexibility index (Phi) is 7.40. The number of carbonyl (C=O) groups excluding carboxylic acids is 1. The highest BCUT2D eigenvalue weighted by molar-refractivity contribution is 7.98. The first-order chi connectivity index (χ1) is 14.1. The number of halogens is 2. The Morgan fingerprint density at radius 3 is 2.72 bits per heavy atom. The molecule has 0 saturated heterocycles. The summed E-state index contributed by atoms with van der Waals surface area (Å²) < 4.78 is 30.6. The summed E-state index contributed by atoms with van der Waals surface area (Å²) in [5.41, 5.74) is 1.60. The van der Waals surface area contributed by atoms with E-state index in [1.807, 2.05) is 35.1 Å². The van der Waals surface area contributed by atoms with E-state index in [0.717, 1.165) is 23.4 Å². The molecule has 0 aliphatic rings. The van der Waals surface area contributed by atoms with E-state index in [4.69, 9.17) is 0 Å². The Morgan fingerprint density at radius 1 is 1.21 bits per heavy atom. The van der Waals surface area contributed by atoms with Gasteiger partial charge in [-0.2, -0.15) is 20.5 Å². The number of aromatic nitrogens is 3. The second kappa shape index (κ2) is 10.2. The molecule has 6 nitrogen and oxygen atoms in total. The van der Waals surface area contributed by atoms with Crippen molar-refractivity contribution >= 4 is 23.3 Å². The van der Waals surface area contributed by atoms with Gasteiger partial charge in [0.15, 0.2) is 11.5 Å². The number of hydrogen-bond donors (Lipinski definition) is 1. The van der Waals surface area contributed by atoms with Gasteiger partial charge in [-0.3, -0.25) is 9.20 Å². The van der Waals surface area contributed by atoms with Gasteiger partial charge >= 0.3 is 6.61 Å². The lowest BCUT2D eigenvalue weighted by molar-refractivity contribution is -0.121. The molecule has 0 aliphatic carbocycles.